The highest BCUT2D eigenvalue weighted by Crippen LogP contribution is 2.26. The summed E-state index contributed by atoms with van der Waals surface area (Å²) in [7, 11) is 1.66. The summed E-state index contributed by atoms with van der Waals surface area (Å²) in [5, 5.41) is 13.7. The highest BCUT2D eigenvalue weighted by molar-refractivity contribution is 9.10. The third-order valence-corrected chi connectivity index (χ3v) is 3.95. The van der Waals surface area contributed by atoms with Crippen LogP contribution in [0.3, 0.4) is 0 Å². The molecule has 0 bridgehead atoms. The first kappa shape index (κ1) is 15.3. The number of ether oxygens (including phenoxy) is 1. The van der Waals surface area contributed by atoms with E-state index in [9.17, 15) is 10.1 Å². The Morgan fingerprint density at radius 1 is 1.29 bits per heavy atom. The smallest absolute Gasteiger partial charge is 0.292 e. The van der Waals surface area contributed by atoms with Crippen LogP contribution < -0.4 is 10.1 Å². The predicted octanol–water partition coefficient (Wildman–Crippen LogP) is 4.29. The maximum absolute atomic E-state index is 10.9. The minimum absolute atomic E-state index is 0.0562. The monoisotopic (exact) mass is 350 g/mol. The molecule has 0 saturated heterocycles. The molecular formula is C15H15BrN2O3. The van der Waals surface area contributed by atoms with Gasteiger partial charge in [-0.05, 0) is 48.4 Å². The van der Waals surface area contributed by atoms with E-state index in [4.69, 9.17) is 4.74 Å². The van der Waals surface area contributed by atoms with Crippen LogP contribution >= 0.6 is 15.9 Å². The van der Waals surface area contributed by atoms with Crippen LogP contribution in [-0.4, -0.2) is 12.0 Å². The molecule has 2 aromatic carbocycles. The fourth-order valence-electron chi connectivity index (χ4n) is 1.91. The van der Waals surface area contributed by atoms with Crippen molar-refractivity contribution < 1.29 is 9.66 Å². The van der Waals surface area contributed by atoms with Crippen molar-refractivity contribution >= 4 is 27.3 Å². The molecule has 6 heteroatoms. The lowest BCUT2D eigenvalue weighted by atomic mass is 10.2. The molecule has 0 atom stereocenters. The highest BCUT2D eigenvalue weighted by atomic mass is 79.9. The lowest BCUT2D eigenvalue weighted by Crippen LogP contribution is -2.00. The zero-order valence-corrected chi connectivity index (χ0v) is 13.3. The summed E-state index contributed by atoms with van der Waals surface area (Å²) >= 11 is 3.44. The number of nitrogens with zero attached hydrogens (tertiary/aromatic N) is 1. The quantitative estimate of drug-likeness (QED) is 0.645. The summed E-state index contributed by atoms with van der Waals surface area (Å²) in [6.07, 6.45) is 0. The minimum atomic E-state index is -0.408. The van der Waals surface area contributed by atoms with E-state index in [0.29, 0.717) is 12.3 Å². The molecule has 0 saturated carbocycles. The van der Waals surface area contributed by atoms with Crippen molar-refractivity contribution in [3.8, 4) is 5.75 Å². The largest absolute Gasteiger partial charge is 0.489 e. The average Bonchev–Trinajstić information content (AvgIpc) is 2.48. The van der Waals surface area contributed by atoms with E-state index in [-0.39, 0.29) is 5.69 Å². The van der Waals surface area contributed by atoms with Crippen molar-refractivity contribution in [2.24, 2.45) is 0 Å². The van der Waals surface area contributed by atoms with Gasteiger partial charge in [0.2, 0.25) is 0 Å². The molecule has 0 amide bonds. The van der Waals surface area contributed by atoms with Crippen molar-refractivity contribution in [3.05, 3.63) is 62.1 Å². The Kier molecular flexibility index (Phi) is 4.80. The van der Waals surface area contributed by atoms with Gasteiger partial charge in [-0.25, -0.2) is 0 Å². The van der Waals surface area contributed by atoms with Gasteiger partial charge in [0, 0.05) is 17.6 Å². The van der Waals surface area contributed by atoms with Crippen LogP contribution in [0.4, 0.5) is 11.4 Å². The van der Waals surface area contributed by atoms with Gasteiger partial charge in [0.15, 0.2) is 0 Å². The van der Waals surface area contributed by atoms with Crippen LogP contribution in [0.25, 0.3) is 0 Å². The number of nitro benzene ring substituents is 1. The Hall–Kier alpha value is -2.08. The van der Waals surface area contributed by atoms with E-state index in [2.05, 4.69) is 21.2 Å². The number of rotatable bonds is 5. The van der Waals surface area contributed by atoms with Crippen LogP contribution in [0.15, 0.2) is 40.9 Å². The average molecular weight is 351 g/mol. The molecule has 0 aliphatic heterocycles. The number of halogens is 1. The number of anilines is 1. The Labute approximate surface area is 131 Å². The van der Waals surface area contributed by atoms with Crippen molar-refractivity contribution in [2.75, 3.05) is 12.4 Å². The van der Waals surface area contributed by atoms with Crippen molar-refractivity contribution in [1.29, 1.82) is 0 Å². The molecular weight excluding hydrogens is 336 g/mol. The zero-order chi connectivity index (χ0) is 15.4. The Balaban J connectivity index is 2.13. The summed E-state index contributed by atoms with van der Waals surface area (Å²) in [5.41, 5.74) is 2.49. The summed E-state index contributed by atoms with van der Waals surface area (Å²) < 4.78 is 6.74. The van der Waals surface area contributed by atoms with Crippen LogP contribution in [-0.2, 0) is 6.61 Å². The second-order valence-corrected chi connectivity index (χ2v) is 5.41. The van der Waals surface area contributed by atoms with Crippen LogP contribution in [0, 0.1) is 17.0 Å². The number of aryl methyl sites for hydroxylation is 1. The summed E-state index contributed by atoms with van der Waals surface area (Å²) in [6, 6.07) is 10.7. The molecule has 0 fully saturated rings. The molecule has 0 aliphatic rings. The van der Waals surface area contributed by atoms with Crippen LogP contribution in [0.1, 0.15) is 11.1 Å². The number of hydrogen-bond acceptors (Lipinski definition) is 4. The first-order valence-electron chi connectivity index (χ1n) is 6.35. The summed E-state index contributed by atoms with van der Waals surface area (Å²) in [4.78, 5) is 10.5. The van der Waals surface area contributed by atoms with Gasteiger partial charge in [-0.3, -0.25) is 10.1 Å². The first-order chi connectivity index (χ1) is 10.0. The van der Waals surface area contributed by atoms with Gasteiger partial charge in [0.25, 0.3) is 5.69 Å². The molecule has 0 aromatic heterocycles. The highest BCUT2D eigenvalue weighted by Gasteiger charge is 2.12. The van der Waals surface area contributed by atoms with Gasteiger partial charge in [-0.2, -0.15) is 0 Å². The normalized spacial score (nSPS) is 10.2. The third kappa shape index (κ3) is 3.72. The van der Waals surface area contributed by atoms with Gasteiger partial charge in [-0.15, -0.1) is 0 Å². The van der Waals surface area contributed by atoms with Crippen LogP contribution in [0.2, 0.25) is 0 Å². The maximum Gasteiger partial charge on any atom is 0.292 e. The second-order valence-electron chi connectivity index (χ2n) is 4.56. The maximum atomic E-state index is 10.9. The molecule has 2 aromatic rings. The molecule has 110 valence electrons. The van der Waals surface area contributed by atoms with Gasteiger partial charge in [0.05, 0.1) is 4.92 Å². The van der Waals surface area contributed by atoms with Crippen LogP contribution in [0.5, 0.6) is 5.75 Å². The summed E-state index contributed by atoms with van der Waals surface area (Å²) in [6.45, 7) is 2.34. The molecule has 1 N–H and O–H groups in total. The number of hydrogen-bond donors (Lipinski definition) is 1. The van der Waals surface area contributed by atoms with Crippen molar-refractivity contribution in [1.82, 2.24) is 0 Å². The standard InChI is InChI=1S/C15H15BrN2O3/c1-10-7-12(4-5-13(10)16)21-9-11-3-6-15(18(19)20)14(8-11)17-2/h3-8,17H,9H2,1-2H3. The number of nitrogens with one attached hydrogen (secondary N) is 1. The fourth-order valence-corrected chi connectivity index (χ4v) is 2.15. The van der Waals surface area contributed by atoms with Crippen molar-refractivity contribution in [3.63, 3.8) is 0 Å². The van der Waals surface area contributed by atoms with Gasteiger partial charge in [0.1, 0.15) is 18.0 Å². The summed E-state index contributed by atoms with van der Waals surface area (Å²) in [5.74, 6) is 0.764. The van der Waals surface area contributed by atoms with Gasteiger partial charge < -0.3 is 10.1 Å². The zero-order valence-electron chi connectivity index (χ0n) is 11.7. The van der Waals surface area contributed by atoms with E-state index in [0.717, 1.165) is 21.3 Å². The lowest BCUT2D eigenvalue weighted by Gasteiger charge is -2.09. The van der Waals surface area contributed by atoms with E-state index in [1.165, 1.54) is 6.07 Å². The molecule has 0 unspecified atom stereocenters. The SMILES string of the molecule is CNc1cc(COc2ccc(Br)c(C)c2)ccc1[N+](=O)[O-]. The number of nitro groups is 1. The predicted molar refractivity (Wildman–Crippen MR) is 85.9 cm³/mol. The van der Waals surface area contributed by atoms with E-state index in [1.807, 2.05) is 25.1 Å². The van der Waals surface area contributed by atoms with Gasteiger partial charge in [-0.1, -0.05) is 15.9 Å². The molecule has 0 spiro atoms. The molecule has 21 heavy (non-hydrogen) atoms. The molecule has 0 aliphatic carbocycles. The molecule has 0 heterocycles. The van der Waals surface area contributed by atoms with E-state index in [1.54, 1.807) is 19.2 Å². The van der Waals surface area contributed by atoms with E-state index < -0.39 is 4.92 Å². The van der Waals surface area contributed by atoms with Crippen molar-refractivity contribution in [2.45, 2.75) is 13.5 Å². The van der Waals surface area contributed by atoms with Gasteiger partial charge >= 0.3 is 0 Å². The third-order valence-electron chi connectivity index (χ3n) is 3.06. The van der Waals surface area contributed by atoms with E-state index >= 15 is 0 Å². The fraction of sp³-hybridized carbons (Fsp3) is 0.200. The first-order valence-corrected chi connectivity index (χ1v) is 7.14. The molecule has 0 radical (unpaired) electrons. The Morgan fingerprint density at radius 3 is 2.67 bits per heavy atom. The Morgan fingerprint density at radius 2 is 2.05 bits per heavy atom. The second kappa shape index (κ2) is 6.58. The number of benzene rings is 2. The lowest BCUT2D eigenvalue weighted by molar-refractivity contribution is -0.384. The molecule has 5 nitrogen and oxygen atoms in total. The molecule has 2 rings (SSSR count). The Bertz CT molecular complexity index is 674. The minimum Gasteiger partial charge on any atom is -0.489 e. The topological polar surface area (TPSA) is 64.4 Å².